The van der Waals surface area contributed by atoms with Crippen LogP contribution in [0.4, 0.5) is 17.1 Å². The molecule has 1 N–H and O–H groups in total. The number of anilines is 3. The smallest absolute Gasteiger partial charge is 0.282 e. The molecule has 0 spiro atoms. The summed E-state index contributed by atoms with van der Waals surface area (Å²) < 4.78 is 5.54. The van der Waals surface area contributed by atoms with E-state index < -0.39 is 0 Å². The monoisotopic (exact) mass is 453 g/mol. The highest BCUT2D eigenvalue weighted by Gasteiger charge is 2.40. The molecule has 2 aliphatic rings. The van der Waals surface area contributed by atoms with Gasteiger partial charge in [0.05, 0.1) is 17.9 Å². The number of carbonyl (C=O) groups excluding carboxylic acids is 2. The minimum Gasteiger partial charge on any atom is -0.494 e. The van der Waals surface area contributed by atoms with E-state index in [-0.39, 0.29) is 17.5 Å². The van der Waals surface area contributed by atoms with Crippen molar-refractivity contribution in [3.05, 3.63) is 90.1 Å². The summed E-state index contributed by atoms with van der Waals surface area (Å²) in [4.78, 5) is 30.6. The topological polar surface area (TPSA) is 61.9 Å². The fourth-order valence-corrected chi connectivity index (χ4v) is 4.48. The van der Waals surface area contributed by atoms with Gasteiger partial charge in [-0.15, -0.1) is 0 Å². The fraction of sp³-hybridized carbons (Fsp3) is 0.214. The van der Waals surface area contributed by atoms with E-state index in [2.05, 4.69) is 22.3 Å². The number of carbonyl (C=O) groups is 2. The lowest BCUT2D eigenvalue weighted by Gasteiger charge is -2.18. The van der Waals surface area contributed by atoms with Crippen LogP contribution in [0.1, 0.15) is 25.3 Å². The lowest BCUT2D eigenvalue weighted by Crippen LogP contribution is -2.32. The van der Waals surface area contributed by atoms with Crippen LogP contribution in [0.15, 0.2) is 84.6 Å². The summed E-state index contributed by atoms with van der Waals surface area (Å²) in [6, 6.07) is 24.3. The van der Waals surface area contributed by atoms with Crippen molar-refractivity contribution in [1.82, 2.24) is 0 Å². The maximum absolute atomic E-state index is 13.5. The Kier molecular flexibility index (Phi) is 6.04. The summed E-state index contributed by atoms with van der Waals surface area (Å²) in [5, 5.41) is 3.24. The van der Waals surface area contributed by atoms with Gasteiger partial charge >= 0.3 is 0 Å². The number of amides is 2. The first-order chi connectivity index (χ1) is 16.7. The highest BCUT2D eigenvalue weighted by Crippen LogP contribution is 2.34. The molecule has 3 aromatic rings. The predicted octanol–water partition coefficient (Wildman–Crippen LogP) is 5.08. The number of benzene rings is 3. The number of hydrogen-bond donors (Lipinski definition) is 1. The maximum atomic E-state index is 13.5. The van der Waals surface area contributed by atoms with Gasteiger partial charge in [0.1, 0.15) is 11.4 Å². The van der Waals surface area contributed by atoms with Crippen molar-refractivity contribution in [2.75, 3.05) is 34.8 Å². The average molecular weight is 454 g/mol. The summed E-state index contributed by atoms with van der Waals surface area (Å²) in [6.07, 6.45) is 2.43. The lowest BCUT2D eigenvalue weighted by molar-refractivity contribution is -0.120. The second kappa shape index (κ2) is 9.43. The number of nitrogens with zero attached hydrogens (tertiary/aromatic N) is 2. The Morgan fingerprint density at radius 2 is 1.47 bits per heavy atom. The van der Waals surface area contributed by atoms with Crippen LogP contribution in [0.25, 0.3) is 5.57 Å². The van der Waals surface area contributed by atoms with Crippen LogP contribution in [0.5, 0.6) is 5.75 Å². The molecule has 6 heteroatoms. The Balaban J connectivity index is 1.50. The molecule has 2 amide bonds. The number of rotatable bonds is 7. The number of imide groups is 1. The first-order valence-electron chi connectivity index (χ1n) is 11.7. The molecule has 0 saturated carbocycles. The van der Waals surface area contributed by atoms with Crippen molar-refractivity contribution in [2.45, 2.75) is 19.8 Å². The third-order valence-electron chi connectivity index (χ3n) is 6.16. The Labute approximate surface area is 199 Å². The summed E-state index contributed by atoms with van der Waals surface area (Å²) in [7, 11) is 0. The van der Waals surface area contributed by atoms with Crippen molar-refractivity contribution in [1.29, 1.82) is 0 Å². The quantitative estimate of drug-likeness (QED) is 0.506. The minimum absolute atomic E-state index is 0.270. The Bertz CT molecular complexity index is 1210. The fourth-order valence-electron chi connectivity index (χ4n) is 4.48. The summed E-state index contributed by atoms with van der Waals surface area (Å²) in [6.45, 7) is 4.61. The molecule has 1 saturated heterocycles. The van der Waals surface area contributed by atoms with Crippen molar-refractivity contribution in [3.63, 3.8) is 0 Å². The Morgan fingerprint density at radius 3 is 2.12 bits per heavy atom. The van der Waals surface area contributed by atoms with Crippen LogP contribution >= 0.6 is 0 Å². The van der Waals surface area contributed by atoms with E-state index in [1.54, 1.807) is 12.1 Å². The second-order valence-electron chi connectivity index (χ2n) is 8.35. The molecular formula is C28H27N3O3. The van der Waals surface area contributed by atoms with E-state index in [0.29, 0.717) is 23.4 Å². The molecule has 0 aliphatic carbocycles. The first kappa shape index (κ1) is 21.8. The number of nitrogens with one attached hydrogen (secondary N) is 1. The van der Waals surface area contributed by atoms with Gasteiger partial charge in [0, 0.05) is 24.5 Å². The van der Waals surface area contributed by atoms with E-state index in [0.717, 1.165) is 24.5 Å². The molecule has 0 radical (unpaired) electrons. The van der Waals surface area contributed by atoms with E-state index in [1.165, 1.54) is 23.4 Å². The zero-order chi connectivity index (χ0) is 23.5. The molecule has 0 atom stereocenters. The molecule has 3 aromatic carbocycles. The van der Waals surface area contributed by atoms with Gasteiger partial charge in [0.25, 0.3) is 11.8 Å². The third-order valence-corrected chi connectivity index (χ3v) is 6.16. The number of para-hydroxylation sites is 1. The lowest BCUT2D eigenvalue weighted by atomic mass is 10.0. The number of ether oxygens (including phenoxy) is 1. The van der Waals surface area contributed by atoms with Gasteiger partial charge in [-0.3, -0.25) is 9.59 Å². The van der Waals surface area contributed by atoms with Gasteiger partial charge in [-0.1, -0.05) is 30.3 Å². The second-order valence-corrected chi connectivity index (χ2v) is 8.35. The molecule has 0 bridgehead atoms. The highest BCUT2D eigenvalue weighted by molar-refractivity contribution is 6.46. The van der Waals surface area contributed by atoms with Crippen LogP contribution < -0.4 is 19.9 Å². The van der Waals surface area contributed by atoms with Crippen molar-refractivity contribution in [3.8, 4) is 5.75 Å². The van der Waals surface area contributed by atoms with Crippen LogP contribution in [-0.4, -0.2) is 31.5 Å². The zero-order valence-electron chi connectivity index (χ0n) is 19.2. The minimum atomic E-state index is -0.372. The third kappa shape index (κ3) is 4.15. The molecule has 0 aromatic heterocycles. The molecule has 1 fully saturated rings. The van der Waals surface area contributed by atoms with E-state index in [4.69, 9.17) is 4.74 Å². The molecule has 0 unspecified atom stereocenters. The van der Waals surface area contributed by atoms with Crippen molar-refractivity contribution < 1.29 is 14.3 Å². The van der Waals surface area contributed by atoms with Crippen molar-refractivity contribution >= 4 is 34.4 Å². The van der Waals surface area contributed by atoms with Crippen LogP contribution in [0, 0.1) is 0 Å². The molecular weight excluding hydrogens is 426 g/mol. The molecule has 2 heterocycles. The standard InChI is InChI=1S/C28H27N3O3/c1-2-34-24-16-10-20(11-17-24)25-26(28(33)31(27(25)32)23-8-4-3-5-9-23)29-21-12-14-22(15-13-21)30-18-6-7-19-30/h3-5,8-17,29H,2,6-7,18-19H2,1H3. The Hall–Kier alpha value is -4.06. The molecule has 6 nitrogen and oxygen atoms in total. The van der Waals surface area contributed by atoms with Gasteiger partial charge in [-0.05, 0) is 73.9 Å². The average Bonchev–Trinajstić information content (AvgIpc) is 3.48. The van der Waals surface area contributed by atoms with E-state index in [9.17, 15) is 9.59 Å². The first-order valence-corrected chi connectivity index (χ1v) is 11.7. The van der Waals surface area contributed by atoms with Gasteiger partial charge in [-0.25, -0.2) is 4.90 Å². The number of hydrogen-bond acceptors (Lipinski definition) is 5. The van der Waals surface area contributed by atoms with Gasteiger partial charge in [0.2, 0.25) is 0 Å². The summed E-state index contributed by atoms with van der Waals surface area (Å²) in [5.74, 6) is -0.00389. The van der Waals surface area contributed by atoms with Crippen LogP contribution in [0.2, 0.25) is 0 Å². The molecule has 34 heavy (non-hydrogen) atoms. The van der Waals surface area contributed by atoms with E-state index in [1.807, 2.05) is 61.5 Å². The Morgan fingerprint density at radius 1 is 0.794 bits per heavy atom. The zero-order valence-corrected chi connectivity index (χ0v) is 19.2. The summed E-state index contributed by atoms with van der Waals surface area (Å²) >= 11 is 0. The van der Waals surface area contributed by atoms with Gasteiger partial charge in [-0.2, -0.15) is 0 Å². The summed E-state index contributed by atoms with van der Waals surface area (Å²) in [5.41, 5.74) is 3.76. The maximum Gasteiger partial charge on any atom is 0.282 e. The largest absolute Gasteiger partial charge is 0.494 e. The predicted molar refractivity (Wildman–Crippen MR) is 135 cm³/mol. The van der Waals surface area contributed by atoms with E-state index >= 15 is 0 Å². The van der Waals surface area contributed by atoms with Gasteiger partial charge < -0.3 is 15.0 Å². The SMILES string of the molecule is CCOc1ccc(C2=C(Nc3ccc(N4CCCC4)cc3)C(=O)N(c3ccccc3)C2=O)cc1. The van der Waals surface area contributed by atoms with Gasteiger partial charge in [0.15, 0.2) is 0 Å². The molecule has 5 rings (SSSR count). The molecule has 2 aliphatic heterocycles. The van der Waals surface area contributed by atoms with Crippen LogP contribution in [0.3, 0.4) is 0 Å². The van der Waals surface area contributed by atoms with Crippen molar-refractivity contribution in [2.24, 2.45) is 0 Å². The highest BCUT2D eigenvalue weighted by atomic mass is 16.5. The van der Waals surface area contributed by atoms with Crippen LogP contribution in [-0.2, 0) is 9.59 Å². The molecule has 172 valence electrons. The normalized spacial score (nSPS) is 15.9.